The van der Waals surface area contributed by atoms with Crippen molar-refractivity contribution in [3.8, 4) is 17.0 Å². The summed E-state index contributed by atoms with van der Waals surface area (Å²) >= 11 is 11.6. The quantitative estimate of drug-likeness (QED) is 0.162. The topological polar surface area (TPSA) is 85.0 Å². The van der Waals surface area contributed by atoms with Crippen LogP contribution in [0, 0.1) is 13.8 Å². The molecular formula is C31H28ClN5O2S. The minimum absolute atomic E-state index is 0.170. The van der Waals surface area contributed by atoms with E-state index in [1.807, 2.05) is 62.4 Å². The highest BCUT2D eigenvalue weighted by Gasteiger charge is 2.11. The zero-order chi connectivity index (χ0) is 28.4. The number of aryl methyl sites for hydroxylation is 2. The number of aromatic nitrogens is 3. The van der Waals surface area contributed by atoms with Crippen molar-refractivity contribution < 1.29 is 9.21 Å². The molecule has 3 aromatic carbocycles. The van der Waals surface area contributed by atoms with E-state index in [9.17, 15) is 4.79 Å². The first kappa shape index (κ1) is 27.3. The van der Waals surface area contributed by atoms with E-state index in [1.165, 1.54) is 11.6 Å². The van der Waals surface area contributed by atoms with E-state index in [-0.39, 0.29) is 11.0 Å². The molecule has 0 unspecified atom stereocenters. The van der Waals surface area contributed by atoms with Crippen molar-refractivity contribution in [3.63, 3.8) is 0 Å². The van der Waals surface area contributed by atoms with Crippen LogP contribution in [0.4, 0.5) is 5.69 Å². The van der Waals surface area contributed by atoms with Crippen LogP contribution in [0.5, 0.6) is 0 Å². The van der Waals surface area contributed by atoms with Crippen molar-refractivity contribution in [2.45, 2.75) is 33.6 Å². The lowest BCUT2D eigenvalue weighted by atomic mass is 10.0. The average molecular weight is 570 g/mol. The molecular weight excluding hydrogens is 542 g/mol. The first-order valence-electron chi connectivity index (χ1n) is 12.8. The lowest BCUT2D eigenvalue weighted by molar-refractivity contribution is -0.115. The van der Waals surface area contributed by atoms with Gasteiger partial charge in [-0.1, -0.05) is 49.7 Å². The molecule has 0 bridgehead atoms. The number of rotatable bonds is 6. The lowest BCUT2D eigenvalue weighted by Crippen LogP contribution is -2.33. The van der Waals surface area contributed by atoms with Gasteiger partial charge in [-0.15, -0.1) is 10.2 Å². The van der Waals surface area contributed by atoms with E-state index in [1.54, 1.807) is 16.9 Å². The fourth-order valence-corrected chi connectivity index (χ4v) is 4.51. The maximum atomic E-state index is 12.5. The molecule has 0 saturated carbocycles. The fourth-order valence-electron chi connectivity index (χ4n) is 4.12. The summed E-state index contributed by atoms with van der Waals surface area (Å²) in [4.78, 5) is 14.1. The number of carbonyl (C=O) groups is 1. The van der Waals surface area contributed by atoms with Gasteiger partial charge in [-0.3, -0.25) is 10.1 Å². The van der Waals surface area contributed by atoms with Crippen molar-refractivity contribution in [2.75, 3.05) is 5.32 Å². The Morgan fingerprint density at radius 1 is 0.975 bits per heavy atom. The number of furan rings is 1. The van der Waals surface area contributed by atoms with Crippen molar-refractivity contribution in [3.05, 3.63) is 100 Å². The lowest BCUT2D eigenvalue weighted by Gasteiger charge is -2.10. The summed E-state index contributed by atoms with van der Waals surface area (Å²) in [6.45, 7) is 8.21. The number of carbonyl (C=O) groups excluding carboxylic acids is 1. The molecule has 202 valence electrons. The predicted molar refractivity (Wildman–Crippen MR) is 165 cm³/mol. The van der Waals surface area contributed by atoms with Crippen molar-refractivity contribution in [1.82, 2.24) is 20.3 Å². The van der Waals surface area contributed by atoms with E-state index < -0.39 is 0 Å². The minimum atomic E-state index is -0.386. The van der Waals surface area contributed by atoms with Gasteiger partial charge in [0, 0.05) is 22.3 Å². The average Bonchev–Trinajstić information content (AvgIpc) is 3.56. The van der Waals surface area contributed by atoms with Crippen LogP contribution in [0.15, 0.2) is 77.2 Å². The zero-order valence-electron chi connectivity index (χ0n) is 22.5. The molecule has 9 heteroatoms. The second-order valence-corrected chi connectivity index (χ2v) is 10.6. The SMILES string of the molecule is Cc1ccc(-c2ccc(/C=C/C(=O)NC(=S)Nc3cc4nn(-c5ccc(C(C)C)cc5)nc4cc3C)o2)cc1Cl. The maximum Gasteiger partial charge on any atom is 0.250 e. The van der Waals surface area contributed by atoms with Gasteiger partial charge < -0.3 is 9.73 Å². The van der Waals surface area contributed by atoms with Gasteiger partial charge >= 0.3 is 0 Å². The summed E-state index contributed by atoms with van der Waals surface area (Å²) in [5.74, 6) is 1.26. The molecule has 0 radical (unpaired) electrons. The number of halogens is 1. The summed E-state index contributed by atoms with van der Waals surface area (Å²) in [6, 6.07) is 21.4. The molecule has 0 aliphatic heterocycles. The predicted octanol–water partition coefficient (Wildman–Crippen LogP) is 7.60. The van der Waals surface area contributed by atoms with Crippen LogP contribution in [0.1, 0.15) is 42.2 Å². The number of anilines is 1. The van der Waals surface area contributed by atoms with Gasteiger partial charge in [-0.25, -0.2) is 0 Å². The van der Waals surface area contributed by atoms with Gasteiger partial charge in [-0.05, 0) is 97.2 Å². The first-order valence-corrected chi connectivity index (χ1v) is 13.6. The summed E-state index contributed by atoms with van der Waals surface area (Å²) in [7, 11) is 0. The number of nitrogens with one attached hydrogen (secondary N) is 2. The Hall–Kier alpha value is -4.27. The van der Waals surface area contributed by atoms with Gasteiger partial charge in [0.05, 0.1) is 5.69 Å². The second-order valence-electron chi connectivity index (χ2n) is 9.83. The van der Waals surface area contributed by atoms with Gasteiger partial charge in [-0.2, -0.15) is 4.80 Å². The number of benzene rings is 3. The molecule has 0 atom stereocenters. The Labute approximate surface area is 242 Å². The highest BCUT2D eigenvalue weighted by Crippen LogP contribution is 2.27. The smallest absolute Gasteiger partial charge is 0.250 e. The minimum Gasteiger partial charge on any atom is -0.457 e. The van der Waals surface area contributed by atoms with Gasteiger partial charge in [0.2, 0.25) is 5.91 Å². The number of thiocarbonyl (C=S) groups is 1. The largest absolute Gasteiger partial charge is 0.457 e. The van der Waals surface area contributed by atoms with Crippen LogP contribution in [-0.4, -0.2) is 26.0 Å². The van der Waals surface area contributed by atoms with Crippen LogP contribution in [0.3, 0.4) is 0 Å². The monoisotopic (exact) mass is 569 g/mol. The number of hydrogen-bond donors (Lipinski definition) is 2. The molecule has 7 nitrogen and oxygen atoms in total. The maximum absolute atomic E-state index is 12.5. The Morgan fingerprint density at radius 2 is 1.70 bits per heavy atom. The van der Waals surface area contributed by atoms with E-state index in [2.05, 4.69) is 46.8 Å². The van der Waals surface area contributed by atoms with Crippen molar-refractivity contribution >= 4 is 57.6 Å². The first-order chi connectivity index (χ1) is 19.2. The van der Waals surface area contributed by atoms with E-state index in [0.29, 0.717) is 28.0 Å². The number of fused-ring (bicyclic) bond motifs is 1. The van der Waals surface area contributed by atoms with Gasteiger partial charge in [0.15, 0.2) is 5.11 Å². The Bertz CT molecular complexity index is 1750. The van der Waals surface area contributed by atoms with Gasteiger partial charge in [0.25, 0.3) is 0 Å². The van der Waals surface area contributed by atoms with Gasteiger partial charge in [0.1, 0.15) is 22.6 Å². The van der Waals surface area contributed by atoms with Crippen LogP contribution in [-0.2, 0) is 4.79 Å². The third-order valence-corrected chi connectivity index (χ3v) is 7.10. The van der Waals surface area contributed by atoms with E-state index in [0.717, 1.165) is 33.6 Å². The van der Waals surface area contributed by atoms with Crippen LogP contribution >= 0.6 is 23.8 Å². The summed E-state index contributed by atoms with van der Waals surface area (Å²) in [5, 5.41) is 15.8. The number of nitrogens with zero attached hydrogens (tertiary/aromatic N) is 3. The molecule has 2 heterocycles. The Kier molecular flexibility index (Phi) is 7.82. The zero-order valence-corrected chi connectivity index (χ0v) is 24.1. The molecule has 0 fully saturated rings. The molecule has 1 amide bonds. The molecule has 0 saturated heterocycles. The molecule has 40 heavy (non-hydrogen) atoms. The van der Waals surface area contributed by atoms with Crippen molar-refractivity contribution in [1.29, 1.82) is 0 Å². The highest BCUT2D eigenvalue weighted by atomic mass is 35.5. The standard InChI is InChI=1S/C31H28ClN5O2S/c1-18(2)21-7-9-23(10-8-21)37-35-27-15-20(4)26(17-28(27)36-37)33-31(40)34-30(38)14-12-24-11-13-29(39-24)22-6-5-19(3)25(32)16-22/h5-18H,1-4H3,(H2,33,34,38,40)/b14-12+. The molecule has 5 rings (SSSR count). The molecule has 0 aliphatic rings. The number of amides is 1. The van der Waals surface area contributed by atoms with Crippen molar-refractivity contribution in [2.24, 2.45) is 0 Å². The van der Waals surface area contributed by atoms with Crippen LogP contribution < -0.4 is 10.6 Å². The highest BCUT2D eigenvalue weighted by molar-refractivity contribution is 7.80. The van der Waals surface area contributed by atoms with E-state index in [4.69, 9.17) is 28.2 Å². The normalized spacial score (nSPS) is 11.4. The second kappa shape index (κ2) is 11.5. The number of hydrogen-bond acceptors (Lipinski definition) is 5. The fraction of sp³-hybridized carbons (Fsp3) is 0.161. The van der Waals surface area contributed by atoms with Crippen LogP contribution in [0.25, 0.3) is 34.1 Å². The molecule has 5 aromatic rings. The third kappa shape index (κ3) is 6.14. The Balaban J connectivity index is 1.22. The molecule has 2 aromatic heterocycles. The molecule has 2 N–H and O–H groups in total. The summed E-state index contributed by atoms with van der Waals surface area (Å²) < 4.78 is 5.83. The Morgan fingerprint density at radius 3 is 2.40 bits per heavy atom. The van der Waals surface area contributed by atoms with Crippen LogP contribution in [0.2, 0.25) is 5.02 Å². The summed E-state index contributed by atoms with van der Waals surface area (Å²) in [5.41, 5.74) is 7.12. The summed E-state index contributed by atoms with van der Waals surface area (Å²) in [6.07, 6.45) is 2.95. The van der Waals surface area contributed by atoms with E-state index >= 15 is 0 Å². The molecule has 0 aliphatic carbocycles. The molecule has 0 spiro atoms. The third-order valence-electron chi connectivity index (χ3n) is 6.48.